The Bertz CT molecular complexity index is 2680. The van der Waals surface area contributed by atoms with E-state index in [0.717, 1.165) is 83.5 Å². The van der Waals surface area contributed by atoms with Crippen molar-refractivity contribution in [1.29, 1.82) is 0 Å². The van der Waals surface area contributed by atoms with Gasteiger partial charge in [-0.1, -0.05) is 218 Å². The van der Waals surface area contributed by atoms with E-state index in [1.807, 2.05) is 185 Å². The van der Waals surface area contributed by atoms with Gasteiger partial charge in [-0.25, -0.2) is 0 Å². The smallest absolute Gasteiger partial charge is 0.385 e. The molecule has 0 spiro atoms. The third kappa shape index (κ3) is 8.21. The zero-order valence-electron chi connectivity index (χ0n) is 34.9. The van der Waals surface area contributed by atoms with Crippen molar-refractivity contribution in [3.63, 3.8) is 0 Å². The van der Waals surface area contributed by atoms with Crippen LogP contribution in [-0.4, -0.2) is 0 Å². The van der Waals surface area contributed by atoms with Gasteiger partial charge in [0.1, 0.15) is 17.2 Å². The number of hydrogen-bond donors (Lipinski definition) is 0. The SMILES string of the molecule is Cc1ccc(-c2ccccc2)c(-c2ccccc2)c1OP(=O)(Oc1c(C)ccc(-c2ccccc2)c1-c1ccccc1)Oc1c(C)ccc(-c2ccccc2)c1-c1ccccc1. The molecule has 0 bridgehead atoms. The van der Waals surface area contributed by atoms with Crippen LogP contribution in [0.3, 0.4) is 0 Å². The van der Waals surface area contributed by atoms with E-state index in [0.29, 0.717) is 17.2 Å². The molecule has 0 fully saturated rings. The maximum absolute atomic E-state index is 16.6. The molecule has 0 unspecified atom stereocenters. The summed E-state index contributed by atoms with van der Waals surface area (Å²) in [7, 11) is -4.74. The predicted molar refractivity (Wildman–Crippen MR) is 256 cm³/mol. The van der Waals surface area contributed by atoms with Crippen LogP contribution in [0.5, 0.6) is 17.2 Å². The summed E-state index contributed by atoms with van der Waals surface area (Å²) in [6.07, 6.45) is 0. The maximum atomic E-state index is 16.6. The molecule has 5 heteroatoms. The molecule has 0 saturated heterocycles. The summed E-state index contributed by atoms with van der Waals surface area (Å²) in [5, 5.41) is 0. The van der Waals surface area contributed by atoms with E-state index in [2.05, 4.69) is 54.6 Å². The topological polar surface area (TPSA) is 44.8 Å². The van der Waals surface area contributed by atoms with Crippen LogP contribution in [-0.2, 0) is 4.57 Å². The first kappa shape index (κ1) is 40.0. The molecule has 0 aliphatic rings. The van der Waals surface area contributed by atoms with Crippen molar-refractivity contribution in [2.45, 2.75) is 20.8 Å². The molecular weight excluding hydrogens is 780 g/mol. The zero-order chi connectivity index (χ0) is 42.5. The molecule has 9 aromatic rings. The summed E-state index contributed by atoms with van der Waals surface area (Å²) in [5.41, 5.74) is 13.1. The Morgan fingerprint density at radius 3 is 0.710 bits per heavy atom. The van der Waals surface area contributed by atoms with Crippen molar-refractivity contribution in [2.24, 2.45) is 0 Å². The summed E-state index contributed by atoms with van der Waals surface area (Å²) in [4.78, 5) is 0. The van der Waals surface area contributed by atoms with E-state index >= 15 is 4.57 Å². The molecule has 62 heavy (non-hydrogen) atoms. The van der Waals surface area contributed by atoms with Crippen LogP contribution in [0.2, 0.25) is 0 Å². The minimum atomic E-state index is -4.74. The van der Waals surface area contributed by atoms with Crippen molar-refractivity contribution in [3.8, 4) is 84.0 Å². The largest absolute Gasteiger partial charge is 0.647 e. The second-order valence-electron chi connectivity index (χ2n) is 15.3. The molecule has 4 nitrogen and oxygen atoms in total. The first-order chi connectivity index (χ1) is 30.4. The van der Waals surface area contributed by atoms with Crippen LogP contribution >= 0.6 is 7.82 Å². The lowest BCUT2D eigenvalue weighted by atomic mass is 9.92. The second-order valence-corrected chi connectivity index (χ2v) is 16.8. The Labute approximate surface area is 364 Å². The van der Waals surface area contributed by atoms with E-state index in [-0.39, 0.29) is 0 Å². The highest BCUT2D eigenvalue weighted by atomic mass is 31.2. The Kier molecular flexibility index (Phi) is 11.4. The van der Waals surface area contributed by atoms with Gasteiger partial charge in [-0.2, -0.15) is 4.57 Å². The molecule has 0 atom stereocenters. The third-order valence-corrected chi connectivity index (χ3v) is 12.3. The number of aryl methyl sites for hydroxylation is 3. The normalized spacial score (nSPS) is 11.2. The lowest BCUT2D eigenvalue weighted by molar-refractivity contribution is 0.297. The van der Waals surface area contributed by atoms with Crippen molar-refractivity contribution in [3.05, 3.63) is 235 Å². The van der Waals surface area contributed by atoms with Gasteiger partial charge in [-0.15, -0.1) is 0 Å². The summed E-state index contributed by atoms with van der Waals surface area (Å²) in [6, 6.07) is 73.0. The third-order valence-electron chi connectivity index (χ3n) is 11.1. The fourth-order valence-corrected chi connectivity index (χ4v) is 9.54. The lowest BCUT2D eigenvalue weighted by Gasteiger charge is -2.27. The molecule has 0 N–H and O–H groups in total. The predicted octanol–water partition coefficient (Wildman–Crippen LogP) is 16.3. The molecule has 0 radical (unpaired) electrons. The second kappa shape index (κ2) is 17.7. The van der Waals surface area contributed by atoms with Gasteiger partial charge in [0, 0.05) is 16.7 Å². The van der Waals surface area contributed by atoms with Gasteiger partial charge < -0.3 is 13.6 Å². The average Bonchev–Trinajstić information content (AvgIpc) is 3.32. The highest BCUT2D eigenvalue weighted by Gasteiger charge is 2.39. The van der Waals surface area contributed by atoms with Crippen LogP contribution in [0, 0.1) is 20.8 Å². The first-order valence-electron chi connectivity index (χ1n) is 20.8. The van der Waals surface area contributed by atoms with Crippen molar-refractivity contribution in [1.82, 2.24) is 0 Å². The van der Waals surface area contributed by atoms with Gasteiger partial charge in [0.25, 0.3) is 0 Å². The fourth-order valence-electron chi connectivity index (χ4n) is 8.05. The van der Waals surface area contributed by atoms with Crippen molar-refractivity contribution >= 4 is 7.82 Å². The highest BCUT2D eigenvalue weighted by Crippen LogP contribution is 2.58. The molecule has 0 saturated carbocycles. The van der Waals surface area contributed by atoms with E-state index in [9.17, 15) is 0 Å². The lowest BCUT2D eigenvalue weighted by Crippen LogP contribution is -2.12. The quantitative estimate of drug-likeness (QED) is 0.115. The Hall–Kier alpha value is -7.39. The van der Waals surface area contributed by atoms with Crippen LogP contribution < -0.4 is 13.6 Å². The van der Waals surface area contributed by atoms with Gasteiger partial charge in [0.15, 0.2) is 0 Å². The first-order valence-corrected chi connectivity index (χ1v) is 22.2. The molecule has 9 rings (SSSR count). The van der Waals surface area contributed by atoms with Crippen molar-refractivity contribution < 1.29 is 18.1 Å². The Balaban J connectivity index is 1.32. The minimum absolute atomic E-state index is 0.400. The van der Waals surface area contributed by atoms with Crippen LogP contribution in [0.15, 0.2) is 218 Å². The van der Waals surface area contributed by atoms with Gasteiger partial charge >= 0.3 is 7.82 Å². The van der Waals surface area contributed by atoms with E-state index in [1.54, 1.807) is 0 Å². The molecular formula is C57H45O4P. The van der Waals surface area contributed by atoms with E-state index in [4.69, 9.17) is 13.6 Å². The van der Waals surface area contributed by atoms with Gasteiger partial charge in [-0.3, -0.25) is 0 Å². The van der Waals surface area contributed by atoms with E-state index < -0.39 is 7.82 Å². The molecule has 0 aromatic heterocycles. The van der Waals surface area contributed by atoms with Gasteiger partial charge in [-0.05, 0) is 87.5 Å². The van der Waals surface area contributed by atoms with Crippen LogP contribution in [0.4, 0.5) is 0 Å². The monoisotopic (exact) mass is 824 g/mol. The van der Waals surface area contributed by atoms with Crippen LogP contribution in [0.1, 0.15) is 16.7 Å². The maximum Gasteiger partial charge on any atom is 0.647 e. The molecule has 0 heterocycles. The molecule has 0 amide bonds. The number of rotatable bonds is 12. The molecule has 302 valence electrons. The number of phosphoric acid groups is 1. The Morgan fingerprint density at radius 1 is 0.274 bits per heavy atom. The Morgan fingerprint density at radius 2 is 0.484 bits per heavy atom. The summed E-state index contributed by atoms with van der Waals surface area (Å²) < 4.78 is 37.9. The number of benzene rings is 9. The van der Waals surface area contributed by atoms with Crippen LogP contribution in [0.25, 0.3) is 66.8 Å². The summed E-state index contributed by atoms with van der Waals surface area (Å²) in [5.74, 6) is 1.20. The van der Waals surface area contributed by atoms with Gasteiger partial charge in [0.05, 0.1) is 0 Å². The van der Waals surface area contributed by atoms with E-state index in [1.165, 1.54) is 0 Å². The standard InChI is InChI=1S/C57H45O4P/c1-40-34-37-49(43-22-10-4-11-23-43)52(46-28-16-7-17-29-46)55(40)59-62(58,60-56-41(2)35-38-50(44-24-12-5-13-25-44)53(56)47-30-18-8-19-31-47)61-57-42(3)36-39-51(45-26-14-6-15-27-45)54(57)48-32-20-9-21-33-48/h4-39H,1-3H3. The number of phosphoric ester groups is 1. The summed E-state index contributed by atoms with van der Waals surface area (Å²) in [6.45, 7) is 5.90. The fraction of sp³-hybridized carbons (Fsp3) is 0.0526. The average molecular weight is 825 g/mol. The number of hydrogen-bond acceptors (Lipinski definition) is 4. The molecule has 0 aliphatic heterocycles. The minimum Gasteiger partial charge on any atom is -0.385 e. The zero-order valence-corrected chi connectivity index (χ0v) is 35.8. The molecule has 0 aliphatic carbocycles. The molecule has 9 aromatic carbocycles. The summed E-state index contributed by atoms with van der Waals surface area (Å²) >= 11 is 0. The van der Waals surface area contributed by atoms with Gasteiger partial charge in [0.2, 0.25) is 0 Å². The highest BCUT2D eigenvalue weighted by molar-refractivity contribution is 7.49. The van der Waals surface area contributed by atoms with Crippen molar-refractivity contribution in [2.75, 3.05) is 0 Å².